The lowest BCUT2D eigenvalue weighted by molar-refractivity contribution is -0.161. The number of hydrogen-bond acceptors (Lipinski definition) is 15. The second kappa shape index (κ2) is 74.8. The minimum absolute atomic E-state index is 0.106. The highest BCUT2D eigenvalue weighted by Crippen LogP contribution is 2.45. The van der Waals surface area contributed by atoms with Crippen molar-refractivity contribution in [2.24, 2.45) is 23.7 Å². The van der Waals surface area contributed by atoms with Gasteiger partial charge in [-0.05, 0) is 49.4 Å². The van der Waals surface area contributed by atoms with Crippen molar-refractivity contribution in [2.45, 2.75) is 465 Å². The number of aliphatic hydroxyl groups is 1. The van der Waals surface area contributed by atoms with E-state index < -0.39 is 97.5 Å². The number of hydrogen-bond donors (Lipinski definition) is 3. The molecule has 0 heterocycles. The molecule has 0 aromatic heterocycles. The van der Waals surface area contributed by atoms with Gasteiger partial charge >= 0.3 is 39.5 Å². The van der Waals surface area contributed by atoms with E-state index in [4.69, 9.17) is 37.0 Å². The molecule has 5 atom stereocenters. The molecule has 105 heavy (non-hydrogen) atoms. The van der Waals surface area contributed by atoms with Gasteiger partial charge in [0.2, 0.25) is 0 Å². The summed E-state index contributed by atoms with van der Waals surface area (Å²) in [5, 5.41) is 10.7. The number of carbonyl (C=O) groups excluding carboxylic acids is 4. The van der Waals surface area contributed by atoms with Gasteiger partial charge in [0.15, 0.2) is 12.2 Å². The van der Waals surface area contributed by atoms with E-state index in [1.807, 2.05) is 0 Å². The Balaban J connectivity index is 5.22. The zero-order chi connectivity index (χ0) is 77.4. The highest BCUT2D eigenvalue weighted by molar-refractivity contribution is 7.47. The van der Waals surface area contributed by atoms with E-state index in [0.29, 0.717) is 31.6 Å². The lowest BCUT2D eigenvalue weighted by Gasteiger charge is -2.21. The topological polar surface area (TPSA) is 237 Å². The van der Waals surface area contributed by atoms with Crippen molar-refractivity contribution in [3.63, 3.8) is 0 Å². The van der Waals surface area contributed by atoms with E-state index in [0.717, 1.165) is 114 Å². The van der Waals surface area contributed by atoms with Crippen LogP contribution in [-0.2, 0) is 65.4 Å². The molecule has 0 radical (unpaired) electrons. The van der Waals surface area contributed by atoms with Crippen LogP contribution in [0.15, 0.2) is 0 Å². The molecule has 17 nitrogen and oxygen atoms in total. The normalized spacial score (nSPS) is 13.9. The van der Waals surface area contributed by atoms with E-state index in [1.165, 1.54) is 244 Å². The highest BCUT2D eigenvalue weighted by atomic mass is 31.2. The average molecular weight is 1540 g/mol. The number of unbranched alkanes of at least 4 members (excludes halogenated alkanes) is 49. The molecule has 3 N–H and O–H groups in total. The lowest BCUT2D eigenvalue weighted by Crippen LogP contribution is -2.30. The summed E-state index contributed by atoms with van der Waals surface area (Å²) in [5.74, 6) is 1.01. The van der Waals surface area contributed by atoms with Gasteiger partial charge in [-0.2, -0.15) is 0 Å². The molecular formula is C86H168O17P2. The van der Waals surface area contributed by atoms with Crippen molar-refractivity contribution < 1.29 is 80.2 Å². The summed E-state index contributed by atoms with van der Waals surface area (Å²) in [6.45, 7) is 14.3. The van der Waals surface area contributed by atoms with Gasteiger partial charge in [-0.15, -0.1) is 0 Å². The summed E-state index contributed by atoms with van der Waals surface area (Å²) >= 11 is 0. The van der Waals surface area contributed by atoms with Crippen LogP contribution < -0.4 is 0 Å². The quantitative estimate of drug-likeness (QED) is 0.0222. The fourth-order valence-electron chi connectivity index (χ4n) is 13.3. The highest BCUT2D eigenvalue weighted by Gasteiger charge is 2.30. The van der Waals surface area contributed by atoms with Crippen LogP contribution in [0.1, 0.15) is 447 Å². The standard InChI is InChI=1S/C86H168O17P2/c1-76(2)62-54-46-38-31-25-19-15-11-9-10-12-17-21-28-34-42-50-58-66-83(88)96-72-81(102-85(90)68-60-52-43-35-29-22-18-14-13-16-20-26-32-39-47-55-63-77(3)4)74-100-104(92,93)98-70-80(87)71-99-105(94,95)101-75-82(73-97-84(89)67-59-51-45-37-41-49-57-65-79(7)8)103-86(91)69-61-53-44-36-30-24-23-27-33-40-48-56-64-78(5)6/h76-82,87H,9-75H2,1-8H3,(H,92,93)(H,94,95)/t80?,81-,82-/m1/s1. The Labute approximate surface area is 645 Å². The molecular weight excluding hydrogens is 1370 g/mol. The largest absolute Gasteiger partial charge is 0.472 e. The van der Waals surface area contributed by atoms with Gasteiger partial charge in [-0.25, -0.2) is 9.13 Å². The molecule has 19 heteroatoms. The molecule has 0 aliphatic carbocycles. The van der Waals surface area contributed by atoms with Crippen LogP contribution in [0.25, 0.3) is 0 Å². The van der Waals surface area contributed by atoms with E-state index in [9.17, 15) is 43.2 Å². The molecule has 0 saturated carbocycles. The minimum atomic E-state index is -4.97. The summed E-state index contributed by atoms with van der Waals surface area (Å²) < 4.78 is 68.9. The number of ether oxygens (including phenoxy) is 4. The van der Waals surface area contributed by atoms with Crippen LogP contribution >= 0.6 is 15.6 Å². The zero-order valence-corrected chi connectivity index (χ0v) is 71.2. The van der Waals surface area contributed by atoms with Gasteiger partial charge in [-0.3, -0.25) is 37.3 Å². The van der Waals surface area contributed by atoms with Gasteiger partial charge in [0.25, 0.3) is 0 Å². The third-order valence-corrected chi connectivity index (χ3v) is 22.0. The first-order chi connectivity index (χ1) is 50.6. The van der Waals surface area contributed by atoms with Crippen molar-refractivity contribution in [1.29, 1.82) is 0 Å². The Bertz CT molecular complexity index is 2040. The number of carbonyl (C=O) groups is 4. The zero-order valence-electron chi connectivity index (χ0n) is 69.4. The molecule has 0 fully saturated rings. The van der Waals surface area contributed by atoms with Gasteiger partial charge in [-0.1, -0.05) is 396 Å². The second-order valence-electron chi connectivity index (χ2n) is 32.8. The third kappa shape index (κ3) is 79.9. The van der Waals surface area contributed by atoms with E-state index in [1.54, 1.807) is 0 Å². The van der Waals surface area contributed by atoms with Crippen LogP contribution in [-0.4, -0.2) is 96.7 Å². The maximum absolute atomic E-state index is 13.1. The average Bonchev–Trinajstić information content (AvgIpc) is 0.906. The smallest absolute Gasteiger partial charge is 0.462 e. The van der Waals surface area contributed by atoms with E-state index in [-0.39, 0.29) is 25.7 Å². The number of phosphoric acid groups is 2. The van der Waals surface area contributed by atoms with Gasteiger partial charge in [0.05, 0.1) is 26.4 Å². The van der Waals surface area contributed by atoms with Crippen LogP contribution in [0.2, 0.25) is 0 Å². The number of rotatable bonds is 83. The maximum Gasteiger partial charge on any atom is 0.472 e. The molecule has 0 saturated heterocycles. The fourth-order valence-corrected chi connectivity index (χ4v) is 14.9. The van der Waals surface area contributed by atoms with E-state index >= 15 is 0 Å². The van der Waals surface area contributed by atoms with Crippen molar-refractivity contribution in [3.05, 3.63) is 0 Å². The summed E-state index contributed by atoms with van der Waals surface area (Å²) in [6.07, 6.45) is 64.0. The molecule has 0 aliphatic rings. The molecule has 0 rings (SSSR count). The molecule has 0 spiro atoms. The van der Waals surface area contributed by atoms with Crippen LogP contribution in [0.3, 0.4) is 0 Å². The molecule has 0 aromatic carbocycles. The summed E-state index contributed by atoms with van der Waals surface area (Å²) in [7, 11) is -9.93. The van der Waals surface area contributed by atoms with Crippen molar-refractivity contribution in [3.8, 4) is 0 Å². The number of esters is 4. The third-order valence-electron chi connectivity index (χ3n) is 20.1. The van der Waals surface area contributed by atoms with Crippen molar-refractivity contribution in [2.75, 3.05) is 39.6 Å². The van der Waals surface area contributed by atoms with Gasteiger partial charge in [0, 0.05) is 25.7 Å². The Morgan fingerprint density at radius 3 is 0.590 bits per heavy atom. The molecule has 624 valence electrons. The lowest BCUT2D eigenvalue weighted by atomic mass is 10.0. The first-order valence-corrected chi connectivity index (χ1v) is 47.2. The number of phosphoric ester groups is 2. The summed E-state index contributed by atoms with van der Waals surface area (Å²) in [6, 6.07) is 0. The first kappa shape index (κ1) is 103. The van der Waals surface area contributed by atoms with Crippen molar-refractivity contribution >= 4 is 39.5 Å². The fraction of sp³-hybridized carbons (Fsp3) is 0.953. The van der Waals surface area contributed by atoms with Crippen LogP contribution in [0.5, 0.6) is 0 Å². The predicted octanol–water partition coefficient (Wildman–Crippen LogP) is 25.9. The van der Waals surface area contributed by atoms with Crippen LogP contribution in [0, 0.1) is 23.7 Å². The Hall–Kier alpha value is -1.94. The Morgan fingerprint density at radius 2 is 0.400 bits per heavy atom. The predicted molar refractivity (Wildman–Crippen MR) is 432 cm³/mol. The molecule has 0 aromatic rings. The molecule has 0 aliphatic heterocycles. The van der Waals surface area contributed by atoms with Gasteiger partial charge in [0.1, 0.15) is 19.3 Å². The first-order valence-electron chi connectivity index (χ1n) is 44.2. The van der Waals surface area contributed by atoms with Crippen LogP contribution in [0.4, 0.5) is 0 Å². The summed E-state index contributed by atoms with van der Waals surface area (Å²) in [5.41, 5.74) is 0. The Kier molecular flexibility index (Phi) is 73.4. The molecule has 0 bridgehead atoms. The molecule has 3 unspecified atom stereocenters. The minimum Gasteiger partial charge on any atom is -0.462 e. The van der Waals surface area contributed by atoms with E-state index in [2.05, 4.69) is 55.4 Å². The molecule has 0 amide bonds. The second-order valence-corrected chi connectivity index (χ2v) is 35.7. The summed E-state index contributed by atoms with van der Waals surface area (Å²) in [4.78, 5) is 73.2. The SMILES string of the molecule is CC(C)CCCCCCCCCCCCCCCCCCCCC(=O)OC[C@H](COP(=O)(O)OCC(O)COP(=O)(O)OC[C@@H](COC(=O)CCCCCCCCCC(C)C)OC(=O)CCCCCCCCCCCCCCC(C)C)OC(=O)CCCCCCCCCCCCCCCCCCC(C)C. The monoisotopic (exact) mass is 1540 g/mol. The maximum atomic E-state index is 13.1. The number of aliphatic hydroxyl groups excluding tert-OH is 1. The Morgan fingerprint density at radius 1 is 0.238 bits per heavy atom. The van der Waals surface area contributed by atoms with Gasteiger partial charge < -0.3 is 33.8 Å². The van der Waals surface area contributed by atoms with Crippen molar-refractivity contribution in [1.82, 2.24) is 0 Å².